The zero-order chi connectivity index (χ0) is 17.7. The van der Waals surface area contributed by atoms with E-state index in [4.69, 9.17) is 14.7 Å². The van der Waals surface area contributed by atoms with Crippen LogP contribution in [0.2, 0.25) is 0 Å². The van der Waals surface area contributed by atoms with Crippen LogP contribution in [0.15, 0.2) is 24.3 Å². The first-order chi connectivity index (χ1) is 11.5. The molecule has 0 fully saturated rings. The summed E-state index contributed by atoms with van der Waals surface area (Å²) in [4.78, 5) is 15.2. The first kappa shape index (κ1) is 17.2. The van der Waals surface area contributed by atoms with Gasteiger partial charge in [-0.3, -0.25) is 10.1 Å². The highest BCUT2D eigenvalue weighted by atomic mass is 16.6. The van der Waals surface area contributed by atoms with Crippen LogP contribution in [0, 0.1) is 21.4 Å². The van der Waals surface area contributed by atoms with E-state index in [1.807, 2.05) is 19.1 Å². The van der Waals surface area contributed by atoms with Gasteiger partial charge in [0.15, 0.2) is 5.75 Å². The normalized spacial score (nSPS) is 10.1. The predicted octanol–water partition coefficient (Wildman–Crippen LogP) is 3.50. The van der Waals surface area contributed by atoms with Gasteiger partial charge in [0, 0.05) is 17.2 Å². The molecule has 24 heavy (non-hydrogen) atoms. The highest BCUT2D eigenvalue weighted by Gasteiger charge is 2.21. The average molecular weight is 327 g/mol. The van der Waals surface area contributed by atoms with Crippen LogP contribution >= 0.6 is 0 Å². The molecule has 0 radical (unpaired) electrons. The van der Waals surface area contributed by atoms with E-state index < -0.39 is 4.92 Å². The van der Waals surface area contributed by atoms with Crippen molar-refractivity contribution in [2.24, 2.45) is 0 Å². The summed E-state index contributed by atoms with van der Waals surface area (Å²) in [6.45, 7) is 1.99. The number of aromatic nitrogens is 1. The molecular formula is C17H17N3O4. The molecule has 2 rings (SSSR count). The van der Waals surface area contributed by atoms with E-state index in [2.05, 4.69) is 4.98 Å². The smallest absolute Gasteiger partial charge is 0.311 e. The van der Waals surface area contributed by atoms with E-state index in [-0.39, 0.29) is 17.3 Å². The number of nitriles is 1. The third kappa shape index (κ3) is 3.27. The first-order valence-corrected chi connectivity index (χ1v) is 7.36. The Balaban J connectivity index is 2.66. The second-order valence-electron chi connectivity index (χ2n) is 5.06. The molecule has 0 aliphatic carbocycles. The zero-order valence-corrected chi connectivity index (χ0v) is 13.7. The molecular weight excluding hydrogens is 310 g/mol. The summed E-state index contributed by atoms with van der Waals surface area (Å²) in [5.41, 5.74) is 2.01. The number of rotatable bonds is 6. The minimum atomic E-state index is -0.470. The Bertz CT molecular complexity index is 812. The van der Waals surface area contributed by atoms with Crippen molar-refractivity contribution in [2.75, 3.05) is 14.2 Å². The van der Waals surface area contributed by atoms with Crippen LogP contribution in [0.3, 0.4) is 0 Å². The Labute approximate surface area is 139 Å². The van der Waals surface area contributed by atoms with Gasteiger partial charge in [-0.15, -0.1) is 0 Å². The molecule has 0 N–H and O–H groups in total. The molecule has 0 amide bonds. The molecule has 0 spiro atoms. The Morgan fingerprint density at radius 2 is 2.04 bits per heavy atom. The predicted molar refractivity (Wildman–Crippen MR) is 88.1 cm³/mol. The number of nitro benzene ring substituents is 1. The molecule has 1 aromatic carbocycles. The van der Waals surface area contributed by atoms with Gasteiger partial charge in [-0.25, -0.2) is 4.98 Å². The summed E-state index contributed by atoms with van der Waals surface area (Å²) in [6.07, 6.45) is 1.46. The molecule has 1 aromatic heterocycles. The van der Waals surface area contributed by atoms with Crippen LogP contribution in [0.25, 0.3) is 11.3 Å². The van der Waals surface area contributed by atoms with E-state index in [0.29, 0.717) is 23.2 Å². The fraction of sp³-hybridized carbons (Fsp3) is 0.294. The number of pyridine rings is 1. The minimum Gasteiger partial charge on any atom is -0.490 e. The van der Waals surface area contributed by atoms with Crippen molar-refractivity contribution in [2.45, 2.75) is 19.8 Å². The molecule has 124 valence electrons. The van der Waals surface area contributed by atoms with Crippen molar-refractivity contribution >= 4 is 5.69 Å². The SMILES string of the molecule is CCCc1cc(-c2ccc(C#N)c(OC)n2)cc([N+](=O)[O-])c1OC. The van der Waals surface area contributed by atoms with Crippen molar-refractivity contribution in [3.05, 3.63) is 45.5 Å². The summed E-state index contributed by atoms with van der Waals surface area (Å²) in [5.74, 6) is 0.455. The van der Waals surface area contributed by atoms with Gasteiger partial charge in [-0.05, 0) is 24.6 Å². The third-order valence-corrected chi connectivity index (χ3v) is 3.54. The van der Waals surface area contributed by atoms with Gasteiger partial charge in [-0.1, -0.05) is 13.3 Å². The second-order valence-corrected chi connectivity index (χ2v) is 5.06. The maximum atomic E-state index is 11.4. The van der Waals surface area contributed by atoms with Crippen LogP contribution in [-0.2, 0) is 6.42 Å². The summed E-state index contributed by atoms with van der Waals surface area (Å²) in [5, 5.41) is 20.4. The number of nitrogens with zero attached hydrogens (tertiary/aromatic N) is 3. The van der Waals surface area contributed by atoms with Crippen molar-refractivity contribution in [3.8, 4) is 29.0 Å². The van der Waals surface area contributed by atoms with Gasteiger partial charge in [-0.2, -0.15) is 5.26 Å². The second kappa shape index (κ2) is 7.42. The maximum Gasteiger partial charge on any atom is 0.311 e. The van der Waals surface area contributed by atoms with Gasteiger partial charge in [0.05, 0.1) is 24.8 Å². The minimum absolute atomic E-state index is 0.108. The average Bonchev–Trinajstić information content (AvgIpc) is 2.60. The van der Waals surface area contributed by atoms with Crippen LogP contribution in [-0.4, -0.2) is 24.1 Å². The fourth-order valence-electron chi connectivity index (χ4n) is 2.49. The van der Waals surface area contributed by atoms with E-state index >= 15 is 0 Å². The molecule has 2 aromatic rings. The number of aryl methyl sites for hydroxylation is 1. The van der Waals surface area contributed by atoms with Crippen LogP contribution in [0.4, 0.5) is 5.69 Å². The van der Waals surface area contributed by atoms with Crippen molar-refractivity contribution in [3.63, 3.8) is 0 Å². The number of hydrogen-bond acceptors (Lipinski definition) is 6. The lowest BCUT2D eigenvalue weighted by Crippen LogP contribution is -2.00. The third-order valence-electron chi connectivity index (χ3n) is 3.54. The highest BCUT2D eigenvalue weighted by Crippen LogP contribution is 2.37. The Kier molecular flexibility index (Phi) is 5.32. The van der Waals surface area contributed by atoms with Crippen LogP contribution < -0.4 is 9.47 Å². The Hall–Kier alpha value is -3.14. The quantitative estimate of drug-likeness (QED) is 0.595. The number of methoxy groups -OCH3 is 2. The van der Waals surface area contributed by atoms with Crippen molar-refractivity contribution in [1.82, 2.24) is 4.98 Å². The van der Waals surface area contributed by atoms with Crippen LogP contribution in [0.1, 0.15) is 24.5 Å². The molecule has 0 saturated carbocycles. The lowest BCUT2D eigenvalue weighted by Gasteiger charge is -2.11. The zero-order valence-electron chi connectivity index (χ0n) is 13.7. The standard InChI is InChI=1S/C17H17N3O4/c1-4-5-11-8-13(9-15(20(21)22)16(11)23-2)14-7-6-12(10-18)17(19-14)24-3/h6-9H,4-5H2,1-3H3. The van der Waals surface area contributed by atoms with E-state index in [1.54, 1.807) is 12.1 Å². The van der Waals surface area contributed by atoms with E-state index in [0.717, 1.165) is 12.0 Å². The molecule has 0 saturated heterocycles. The van der Waals surface area contributed by atoms with E-state index in [1.165, 1.54) is 20.3 Å². The summed E-state index contributed by atoms with van der Waals surface area (Å²) in [7, 11) is 2.84. The number of hydrogen-bond donors (Lipinski definition) is 0. The molecule has 0 aliphatic rings. The highest BCUT2D eigenvalue weighted by molar-refractivity contribution is 5.69. The largest absolute Gasteiger partial charge is 0.490 e. The monoisotopic (exact) mass is 327 g/mol. The maximum absolute atomic E-state index is 11.4. The topological polar surface area (TPSA) is 98.3 Å². The fourth-order valence-corrected chi connectivity index (χ4v) is 2.49. The Morgan fingerprint density at radius 1 is 1.29 bits per heavy atom. The lowest BCUT2D eigenvalue weighted by molar-refractivity contribution is -0.385. The lowest BCUT2D eigenvalue weighted by atomic mass is 10.0. The number of benzene rings is 1. The van der Waals surface area contributed by atoms with Gasteiger partial charge >= 0.3 is 5.69 Å². The summed E-state index contributed by atoms with van der Waals surface area (Å²) in [6, 6.07) is 8.46. The molecule has 1 heterocycles. The van der Waals surface area contributed by atoms with Gasteiger partial charge < -0.3 is 9.47 Å². The van der Waals surface area contributed by atoms with E-state index in [9.17, 15) is 10.1 Å². The first-order valence-electron chi connectivity index (χ1n) is 7.36. The van der Waals surface area contributed by atoms with Crippen molar-refractivity contribution in [1.29, 1.82) is 5.26 Å². The molecule has 0 aliphatic heterocycles. The number of nitro groups is 1. The molecule has 7 nitrogen and oxygen atoms in total. The molecule has 0 unspecified atom stereocenters. The molecule has 0 atom stereocenters. The van der Waals surface area contributed by atoms with Crippen molar-refractivity contribution < 1.29 is 14.4 Å². The summed E-state index contributed by atoms with van der Waals surface area (Å²) >= 11 is 0. The van der Waals surface area contributed by atoms with Gasteiger partial charge in [0.2, 0.25) is 5.88 Å². The Morgan fingerprint density at radius 3 is 2.58 bits per heavy atom. The molecule has 0 bridgehead atoms. The molecule has 7 heteroatoms. The number of ether oxygens (including phenoxy) is 2. The van der Waals surface area contributed by atoms with Gasteiger partial charge in [0.1, 0.15) is 11.6 Å². The summed E-state index contributed by atoms with van der Waals surface area (Å²) < 4.78 is 10.3. The van der Waals surface area contributed by atoms with Gasteiger partial charge in [0.25, 0.3) is 0 Å². The van der Waals surface area contributed by atoms with Crippen LogP contribution in [0.5, 0.6) is 11.6 Å².